The van der Waals surface area contributed by atoms with E-state index in [0.29, 0.717) is 12.2 Å². The lowest BCUT2D eigenvalue weighted by atomic mass is 10.2. The number of furan rings is 1. The fourth-order valence-electron chi connectivity index (χ4n) is 2.50. The Morgan fingerprint density at radius 1 is 1.32 bits per heavy atom. The van der Waals surface area contributed by atoms with Crippen LogP contribution < -0.4 is 5.32 Å². The van der Waals surface area contributed by atoms with Crippen molar-refractivity contribution in [3.8, 4) is 0 Å². The second-order valence-corrected chi connectivity index (χ2v) is 5.24. The van der Waals surface area contributed by atoms with Crippen molar-refractivity contribution in [1.82, 2.24) is 14.9 Å². The number of amides is 1. The monoisotopic (exact) mass is 297 g/mol. The molecule has 0 aliphatic heterocycles. The Bertz CT molecular complexity index is 759. The normalized spacial score (nSPS) is 11.0. The second kappa shape index (κ2) is 6.47. The van der Waals surface area contributed by atoms with Crippen LogP contribution in [-0.2, 0) is 13.1 Å². The Morgan fingerprint density at radius 2 is 2.14 bits per heavy atom. The maximum absolute atomic E-state index is 12.5. The lowest BCUT2D eigenvalue weighted by molar-refractivity contribution is 0.0941. The first-order valence-electron chi connectivity index (χ1n) is 7.53. The number of aryl methyl sites for hydroxylation is 1. The number of carbonyl (C=O) groups is 1. The minimum atomic E-state index is -0.0840. The van der Waals surface area contributed by atoms with E-state index in [0.717, 1.165) is 36.0 Å². The molecule has 3 aromatic rings. The Labute approximate surface area is 129 Å². The van der Waals surface area contributed by atoms with Crippen LogP contribution in [-0.4, -0.2) is 15.5 Å². The molecule has 0 spiro atoms. The van der Waals surface area contributed by atoms with Gasteiger partial charge in [-0.25, -0.2) is 0 Å². The number of nitrogens with one attached hydrogen (secondary N) is 1. The summed E-state index contributed by atoms with van der Waals surface area (Å²) in [5, 5.41) is 2.95. The first kappa shape index (κ1) is 14.4. The lowest BCUT2D eigenvalue weighted by Gasteiger charge is -2.10. The van der Waals surface area contributed by atoms with Crippen LogP contribution in [0, 0.1) is 0 Å². The molecule has 114 valence electrons. The van der Waals surface area contributed by atoms with E-state index in [-0.39, 0.29) is 5.91 Å². The van der Waals surface area contributed by atoms with Gasteiger partial charge in [-0.2, -0.15) is 0 Å². The van der Waals surface area contributed by atoms with Gasteiger partial charge in [0.25, 0.3) is 5.91 Å². The van der Waals surface area contributed by atoms with Gasteiger partial charge in [-0.15, -0.1) is 0 Å². The molecule has 1 amide bonds. The average Bonchev–Trinajstić information content (AvgIpc) is 3.13. The number of unbranched alkanes of at least 4 members (excludes halogenated alkanes) is 1. The predicted octanol–water partition coefficient (Wildman–Crippen LogP) is 3.36. The van der Waals surface area contributed by atoms with Crippen molar-refractivity contribution in [1.29, 1.82) is 0 Å². The molecule has 3 rings (SSSR count). The first-order valence-corrected chi connectivity index (χ1v) is 7.53. The van der Waals surface area contributed by atoms with Gasteiger partial charge >= 0.3 is 0 Å². The van der Waals surface area contributed by atoms with E-state index in [2.05, 4.69) is 17.2 Å². The summed E-state index contributed by atoms with van der Waals surface area (Å²) in [7, 11) is 0. The van der Waals surface area contributed by atoms with Crippen molar-refractivity contribution in [2.24, 2.45) is 0 Å². The van der Waals surface area contributed by atoms with Crippen LogP contribution in [0.4, 0.5) is 0 Å². The zero-order valence-corrected chi connectivity index (χ0v) is 12.6. The summed E-state index contributed by atoms with van der Waals surface area (Å²) < 4.78 is 7.45. The van der Waals surface area contributed by atoms with E-state index in [4.69, 9.17) is 4.42 Å². The van der Waals surface area contributed by atoms with Crippen molar-refractivity contribution in [3.05, 3.63) is 54.2 Å². The van der Waals surface area contributed by atoms with Crippen LogP contribution in [0.15, 0.2) is 47.3 Å². The maximum Gasteiger partial charge on any atom is 0.268 e. The Balaban J connectivity index is 1.79. The summed E-state index contributed by atoms with van der Waals surface area (Å²) in [6, 6.07) is 7.50. The molecule has 0 aliphatic carbocycles. The number of aromatic nitrogens is 2. The zero-order valence-electron chi connectivity index (χ0n) is 12.6. The topological polar surface area (TPSA) is 60.1 Å². The highest BCUT2D eigenvalue weighted by atomic mass is 16.3. The summed E-state index contributed by atoms with van der Waals surface area (Å²) >= 11 is 0. The SMILES string of the molecule is CCCCn1c(C(=O)NCc2ccncc2)cc2occc21. The van der Waals surface area contributed by atoms with E-state index in [1.807, 2.05) is 28.8 Å². The quantitative estimate of drug-likeness (QED) is 0.759. The molecule has 22 heavy (non-hydrogen) atoms. The Morgan fingerprint density at radius 3 is 2.91 bits per heavy atom. The summed E-state index contributed by atoms with van der Waals surface area (Å²) in [6.07, 6.45) is 7.21. The van der Waals surface area contributed by atoms with Gasteiger partial charge in [-0.1, -0.05) is 13.3 Å². The summed E-state index contributed by atoms with van der Waals surface area (Å²) in [5.41, 5.74) is 3.41. The molecule has 0 aliphatic rings. The molecular formula is C17H19N3O2. The number of carbonyl (C=O) groups excluding carboxylic acids is 1. The molecule has 0 fully saturated rings. The molecular weight excluding hydrogens is 278 g/mol. The number of rotatable bonds is 6. The van der Waals surface area contributed by atoms with Crippen LogP contribution in [0.2, 0.25) is 0 Å². The number of hydrogen-bond donors (Lipinski definition) is 1. The Kier molecular flexibility index (Phi) is 4.23. The molecule has 1 N–H and O–H groups in total. The summed E-state index contributed by atoms with van der Waals surface area (Å²) in [4.78, 5) is 16.5. The van der Waals surface area contributed by atoms with Gasteiger partial charge in [0.1, 0.15) is 5.69 Å². The third-order valence-corrected chi connectivity index (χ3v) is 3.69. The van der Waals surface area contributed by atoms with Gasteiger partial charge in [0.2, 0.25) is 0 Å². The molecule has 0 bridgehead atoms. The molecule has 0 radical (unpaired) electrons. The van der Waals surface area contributed by atoms with Crippen LogP contribution in [0.25, 0.3) is 11.1 Å². The number of hydrogen-bond acceptors (Lipinski definition) is 3. The first-order chi connectivity index (χ1) is 10.8. The number of pyridine rings is 1. The third-order valence-electron chi connectivity index (χ3n) is 3.69. The average molecular weight is 297 g/mol. The van der Waals surface area contributed by atoms with Gasteiger partial charge in [-0.3, -0.25) is 9.78 Å². The van der Waals surface area contributed by atoms with Crippen molar-refractivity contribution in [2.45, 2.75) is 32.9 Å². The molecule has 0 aromatic carbocycles. The highest BCUT2D eigenvalue weighted by Gasteiger charge is 2.16. The van der Waals surface area contributed by atoms with Crippen LogP contribution in [0.1, 0.15) is 35.8 Å². The fraction of sp³-hybridized carbons (Fsp3) is 0.294. The van der Waals surface area contributed by atoms with Gasteiger partial charge in [0, 0.05) is 37.6 Å². The lowest BCUT2D eigenvalue weighted by Crippen LogP contribution is -2.25. The molecule has 5 heteroatoms. The summed E-state index contributed by atoms with van der Waals surface area (Å²) in [6.45, 7) is 3.44. The molecule has 0 atom stereocenters. The van der Waals surface area contributed by atoms with Crippen molar-refractivity contribution in [3.63, 3.8) is 0 Å². The molecule has 0 saturated carbocycles. The van der Waals surface area contributed by atoms with Gasteiger partial charge in [0.15, 0.2) is 5.58 Å². The number of fused-ring (bicyclic) bond motifs is 1. The van der Waals surface area contributed by atoms with Gasteiger partial charge < -0.3 is 14.3 Å². The van der Waals surface area contributed by atoms with Crippen molar-refractivity contribution >= 4 is 17.0 Å². The second-order valence-electron chi connectivity index (χ2n) is 5.24. The predicted molar refractivity (Wildman–Crippen MR) is 84.5 cm³/mol. The van der Waals surface area contributed by atoms with Crippen LogP contribution in [0.3, 0.4) is 0 Å². The molecule has 3 aromatic heterocycles. The largest absolute Gasteiger partial charge is 0.463 e. The minimum absolute atomic E-state index is 0.0840. The molecule has 0 unspecified atom stereocenters. The van der Waals surface area contributed by atoms with E-state index in [9.17, 15) is 4.79 Å². The summed E-state index contributed by atoms with van der Waals surface area (Å²) in [5.74, 6) is -0.0840. The third kappa shape index (κ3) is 2.88. The smallest absolute Gasteiger partial charge is 0.268 e. The van der Waals surface area contributed by atoms with E-state index in [1.54, 1.807) is 18.7 Å². The van der Waals surface area contributed by atoms with E-state index < -0.39 is 0 Å². The van der Waals surface area contributed by atoms with Gasteiger partial charge in [-0.05, 0) is 24.1 Å². The standard InChI is InChI=1S/C17H19N3O2/c1-2-3-9-20-14-6-10-22-16(14)11-15(20)17(21)19-12-13-4-7-18-8-5-13/h4-8,10-11H,2-3,9,12H2,1H3,(H,19,21). The van der Waals surface area contributed by atoms with E-state index in [1.165, 1.54) is 0 Å². The minimum Gasteiger partial charge on any atom is -0.463 e. The van der Waals surface area contributed by atoms with Gasteiger partial charge in [0.05, 0.1) is 11.8 Å². The highest BCUT2D eigenvalue weighted by Crippen LogP contribution is 2.22. The molecule has 5 nitrogen and oxygen atoms in total. The van der Waals surface area contributed by atoms with E-state index >= 15 is 0 Å². The van der Waals surface area contributed by atoms with Crippen LogP contribution >= 0.6 is 0 Å². The van der Waals surface area contributed by atoms with Crippen molar-refractivity contribution < 1.29 is 9.21 Å². The maximum atomic E-state index is 12.5. The molecule has 3 heterocycles. The molecule has 0 saturated heterocycles. The zero-order chi connectivity index (χ0) is 15.4. The van der Waals surface area contributed by atoms with Crippen molar-refractivity contribution in [2.75, 3.05) is 0 Å². The Hall–Kier alpha value is -2.56. The number of nitrogens with zero attached hydrogens (tertiary/aromatic N) is 2. The highest BCUT2D eigenvalue weighted by molar-refractivity contribution is 5.97. The van der Waals surface area contributed by atoms with Crippen LogP contribution in [0.5, 0.6) is 0 Å². The fourth-order valence-corrected chi connectivity index (χ4v) is 2.50.